The van der Waals surface area contributed by atoms with Crippen LogP contribution in [-0.4, -0.2) is 57.6 Å². The normalized spacial score (nSPS) is 23.1. The summed E-state index contributed by atoms with van der Waals surface area (Å²) in [7, 11) is -1.91. The number of carbonyl (C=O) groups is 2. The molecular weight excluding hydrogens is 452 g/mol. The summed E-state index contributed by atoms with van der Waals surface area (Å²) in [5.41, 5.74) is 1.26. The third kappa shape index (κ3) is 4.47. The third-order valence-electron chi connectivity index (χ3n) is 6.14. The zero-order valence-corrected chi connectivity index (χ0v) is 19.3. The summed E-state index contributed by atoms with van der Waals surface area (Å²) in [5.74, 6) is -0.317. The van der Waals surface area contributed by atoms with Crippen LogP contribution < -0.4 is 9.64 Å². The molecule has 0 N–H and O–H groups in total. The van der Waals surface area contributed by atoms with Crippen molar-refractivity contribution in [3.63, 3.8) is 0 Å². The van der Waals surface area contributed by atoms with Crippen LogP contribution in [0.5, 0.6) is 5.75 Å². The number of carbonyl (C=O) groups excluding carboxylic acids is 2. The van der Waals surface area contributed by atoms with Crippen molar-refractivity contribution in [3.8, 4) is 5.75 Å². The van der Waals surface area contributed by atoms with E-state index in [1.54, 1.807) is 65.4 Å². The zero-order valence-electron chi connectivity index (χ0n) is 17.7. The Labute approximate surface area is 192 Å². The SMILES string of the molecule is COc1cccc(N2CC(C(=O)N3CCC(c4ccccc4Cl)S(=O)(=O)CC3)CC2=O)c1. The molecule has 0 bridgehead atoms. The number of amides is 2. The maximum atomic E-state index is 13.2. The number of sulfone groups is 1. The van der Waals surface area contributed by atoms with E-state index in [0.717, 1.165) is 0 Å². The highest BCUT2D eigenvalue weighted by Crippen LogP contribution is 2.35. The fourth-order valence-electron chi connectivity index (χ4n) is 4.41. The number of hydrogen-bond acceptors (Lipinski definition) is 5. The number of rotatable bonds is 4. The fraction of sp³-hybridized carbons (Fsp3) is 0.391. The largest absolute Gasteiger partial charge is 0.497 e. The molecule has 2 heterocycles. The first-order valence-electron chi connectivity index (χ1n) is 10.5. The van der Waals surface area contributed by atoms with Gasteiger partial charge in [-0.3, -0.25) is 9.59 Å². The lowest BCUT2D eigenvalue weighted by atomic mass is 10.1. The Bertz CT molecular complexity index is 1140. The Morgan fingerprint density at radius 1 is 1.12 bits per heavy atom. The van der Waals surface area contributed by atoms with Gasteiger partial charge in [-0.15, -0.1) is 0 Å². The monoisotopic (exact) mass is 476 g/mol. The van der Waals surface area contributed by atoms with E-state index in [4.69, 9.17) is 16.3 Å². The highest BCUT2D eigenvalue weighted by molar-refractivity contribution is 7.91. The van der Waals surface area contributed by atoms with Gasteiger partial charge in [0.05, 0.1) is 24.0 Å². The second-order valence-electron chi connectivity index (χ2n) is 8.10. The Kier molecular flexibility index (Phi) is 6.44. The van der Waals surface area contributed by atoms with E-state index in [0.29, 0.717) is 28.6 Å². The molecule has 0 aromatic heterocycles. The van der Waals surface area contributed by atoms with Gasteiger partial charge in [-0.05, 0) is 30.2 Å². The van der Waals surface area contributed by atoms with Crippen molar-refractivity contribution >= 4 is 38.9 Å². The summed E-state index contributed by atoms with van der Waals surface area (Å²) in [6.07, 6.45) is 0.380. The van der Waals surface area contributed by atoms with Crippen LogP contribution in [0.3, 0.4) is 0 Å². The first kappa shape index (κ1) is 22.6. The van der Waals surface area contributed by atoms with E-state index in [2.05, 4.69) is 0 Å². The van der Waals surface area contributed by atoms with Crippen molar-refractivity contribution in [2.24, 2.45) is 5.92 Å². The van der Waals surface area contributed by atoms with Gasteiger partial charge in [-0.2, -0.15) is 0 Å². The van der Waals surface area contributed by atoms with Crippen molar-refractivity contribution in [2.45, 2.75) is 18.1 Å². The quantitative estimate of drug-likeness (QED) is 0.677. The number of benzene rings is 2. The summed E-state index contributed by atoms with van der Waals surface area (Å²) in [5, 5.41) is -0.330. The van der Waals surface area contributed by atoms with Crippen LogP contribution in [0.4, 0.5) is 5.69 Å². The van der Waals surface area contributed by atoms with Gasteiger partial charge in [0.2, 0.25) is 11.8 Å². The predicted octanol–water partition coefficient (Wildman–Crippen LogP) is 3.09. The molecule has 2 aromatic carbocycles. The van der Waals surface area contributed by atoms with E-state index < -0.39 is 21.0 Å². The number of nitrogens with zero attached hydrogens (tertiary/aromatic N) is 2. The van der Waals surface area contributed by atoms with Gasteiger partial charge < -0.3 is 14.5 Å². The molecule has 0 radical (unpaired) electrons. The molecule has 2 saturated heterocycles. The highest BCUT2D eigenvalue weighted by atomic mass is 35.5. The maximum Gasteiger partial charge on any atom is 0.228 e. The maximum absolute atomic E-state index is 13.2. The Morgan fingerprint density at radius 3 is 2.66 bits per heavy atom. The minimum absolute atomic E-state index is 0.104. The van der Waals surface area contributed by atoms with Crippen LogP contribution in [0.15, 0.2) is 48.5 Å². The van der Waals surface area contributed by atoms with E-state index in [-0.39, 0.29) is 43.5 Å². The topological polar surface area (TPSA) is 84.0 Å². The van der Waals surface area contributed by atoms with Gasteiger partial charge in [-0.25, -0.2) is 8.42 Å². The lowest BCUT2D eigenvalue weighted by Gasteiger charge is -2.24. The summed E-state index contributed by atoms with van der Waals surface area (Å²) in [4.78, 5) is 29.0. The Balaban J connectivity index is 1.48. The number of ether oxygens (including phenoxy) is 1. The van der Waals surface area contributed by atoms with Gasteiger partial charge in [-0.1, -0.05) is 35.9 Å². The van der Waals surface area contributed by atoms with Gasteiger partial charge in [0, 0.05) is 42.8 Å². The van der Waals surface area contributed by atoms with Crippen LogP contribution in [0.1, 0.15) is 23.7 Å². The molecule has 2 amide bonds. The molecule has 2 aliphatic heterocycles. The molecule has 2 fully saturated rings. The van der Waals surface area contributed by atoms with Crippen LogP contribution in [-0.2, 0) is 19.4 Å². The summed E-state index contributed by atoms with van der Waals surface area (Å²) < 4.78 is 31.1. The Morgan fingerprint density at radius 2 is 1.91 bits per heavy atom. The van der Waals surface area contributed by atoms with Crippen molar-refractivity contribution in [2.75, 3.05) is 37.4 Å². The smallest absolute Gasteiger partial charge is 0.228 e. The van der Waals surface area contributed by atoms with Gasteiger partial charge in [0.15, 0.2) is 9.84 Å². The number of hydrogen-bond donors (Lipinski definition) is 0. The molecule has 2 aromatic rings. The van der Waals surface area contributed by atoms with E-state index in [1.807, 2.05) is 0 Å². The van der Waals surface area contributed by atoms with Gasteiger partial charge in [0.1, 0.15) is 5.75 Å². The lowest BCUT2D eigenvalue weighted by Crippen LogP contribution is -2.39. The lowest BCUT2D eigenvalue weighted by molar-refractivity contribution is -0.135. The highest BCUT2D eigenvalue weighted by Gasteiger charge is 2.40. The van der Waals surface area contributed by atoms with E-state index in [1.165, 1.54) is 0 Å². The van der Waals surface area contributed by atoms with Crippen LogP contribution in [0.25, 0.3) is 0 Å². The minimum Gasteiger partial charge on any atom is -0.497 e. The molecule has 2 atom stereocenters. The number of anilines is 1. The molecule has 32 heavy (non-hydrogen) atoms. The van der Waals surface area contributed by atoms with Gasteiger partial charge in [0.25, 0.3) is 0 Å². The molecule has 0 spiro atoms. The fourth-order valence-corrected chi connectivity index (χ4v) is 6.56. The average molecular weight is 477 g/mol. The van der Waals surface area contributed by atoms with Crippen molar-refractivity contribution in [1.29, 1.82) is 0 Å². The number of halogens is 1. The third-order valence-corrected chi connectivity index (χ3v) is 8.60. The van der Waals surface area contributed by atoms with Crippen LogP contribution >= 0.6 is 11.6 Å². The molecular formula is C23H25ClN2O5S. The molecule has 4 rings (SSSR count). The Hall–Kier alpha value is -2.58. The van der Waals surface area contributed by atoms with Crippen molar-refractivity contribution in [3.05, 3.63) is 59.1 Å². The molecule has 9 heteroatoms. The van der Waals surface area contributed by atoms with Crippen LogP contribution in [0.2, 0.25) is 5.02 Å². The predicted molar refractivity (Wildman–Crippen MR) is 123 cm³/mol. The summed E-state index contributed by atoms with van der Waals surface area (Å²) in [6.45, 7) is 0.686. The van der Waals surface area contributed by atoms with Crippen molar-refractivity contribution < 1.29 is 22.7 Å². The van der Waals surface area contributed by atoms with Crippen LogP contribution in [0, 0.1) is 5.92 Å². The first-order valence-corrected chi connectivity index (χ1v) is 12.6. The second-order valence-corrected chi connectivity index (χ2v) is 10.8. The summed E-state index contributed by atoms with van der Waals surface area (Å²) in [6, 6.07) is 14.1. The van der Waals surface area contributed by atoms with Gasteiger partial charge >= 0.3 is 0 Å². The molecule has 2 unspecified atom stereocenters. The molecule has 7 nitrogen and oxygen atoms in total. The zero-order chi connectivity index (χ0) is 22.9. The standard InChI is InChI=1S/C23H25ClN2O5S/c1-31-18-6-4-5-17(14-18)26-15-16(13-22(26)27)23(28)25-10-9-21(32(29,30)12-11-25)19-7-2-3-8-20(19)24/h2-8,14,16,21H,9-13,15H2,1H3. The van der Waals surface area contributed by atoms with E-state index >= 15 is 0 Å². The number of methoxy groups -OCH3 is 1. The molecule has 170 valence electrons. The van der Waals surface area contributed by atoms with Crippen molar-refractivity contribution in [1.82, 2.24) is 4.90 Å². The first-order chi connectivity index (χ1) is 15.3. The van der Waals surface area contributed by atoms with E-state index in [9.17, 15) is 18.0 Å². The molecule has 0 aliphatic carbocycles. The summed E-state index contributed by atoms with van der Waals surface area (Å²) >= 11 is 6.26. The average Bonchev–Trinajstić information content (AvgIpc) is 3.10. The molecule has 0 saturated carbocycles. The molecule has 2 aliphatic rings. The second kappa shape index (κ2) is 9.11. The minimum atomic E-state index is -3.47.